The molecule has 0 N–H and O–H groups in total. The lowest BCUT2D eigenvalue weighted by atomic mass is 9.97. The van der Waals surface area contributed by atoms with Gasteiger partial charge in [-0.2, -0.15) is 0 Å². The molecule has 0 bridgehead atoms. The van der Waals surface area contributed by atoms with Gasteiger partial charge >= 0.3 is 0 Å². The van der Waals surface area contributed by atoms with Crippen LogP contribution < -0.4 is 0 Å². The van der Waals surface area contributed by atoms with Crippen molar-refractivity contribution >= 4 is 23.3 Å². The van der Waals surface area contributed by atoms with Gasteiger partial charge in [0.15, 0.2) is 5.78 Å². The van der Waals surface area contributed by atoms with Gasteiger partial charge in [-0.15, -0.1) is 0 Å². The fraction of sp³-hybridized carbons (Fsp3) is 0.231. The van der Waals surface area contributed by atoms with Crippen molar-refractivity contribution in [1.29, 1.82) is 0 Å². The molecule has 0 unspecified atom stereocenters. The van der Waals surface area contributed by atoms with Crippen molar-refractivity contribution in [2.75, 3.05) is 0 Å². The highest BCUT2D eigenvalue weighted by Gasteiger charge is 2.13. The number of ketones is 1. The lowest BCUT2D eigenvalue weighted by Crippen LogP contribution is -1.99. The Hall–Kier alpha value is -1.70. The highest BCUT2D eigenvalue weighted by atomic mass is 16.1. The molecule has 1 aromatic carbocycles. The first-order chi connectivity index (χ1) is 7.20. The summed E-state index contributed by atoms with van der Waals surface area (Å²) in [5.74, 6) is 0.135. The quantitative estimate of drug-likeness (QED) is 0.683. The molecule has 1 aromatic rings. The number of benzene rings is 1. The van der Waals surface area contributed by atoms with E-state index >= 15 is 0 Å². The Balaban J connectivity index is 2.64. The van der Waals surface area contributed by atoms with Crippen LogP contribution in [0.1, 0.15) is 25.8 Å². The second kappa shape index (κ2) is 3.81. The molecule has 76 valence electrons. The molecule has 0 aliphatic carbocycles. The summed E-state index contributed by atoms with van der Waals surface area (Å²) in [6.45, 7) is 3.60. The van der Waals surface area contributed by atoms with Crippen LogP contribution in [0.5, 0.6) is 0 Å². The van der Waals surface area contributed by atoms with Crippen molar-refractivity contribution in [3.05, 3.63) is 35.4 Å². The summed E-state index contributed by atoms with van der Waals surface area (Å²) < 4.78 is 0. The third-order valence-electron chi connectivity index (χ3n) is 2.71. The van der Waals surface area contributed by atoms with Crippen LogP contribution in [0.15, 0.2) is 34.8 Å². The zero-order valence-corrected chi connectivity index (χ0v) is 8.95. The van der Waals surface area contributed by atoms with Gasteiger partial charge in [0.25, 0.3) is 0 Å². The minimum Gasteiger partial charge on any atom is -0.295 e. The number of hydrogen-bond donors (Lipinski definition) is 0. The minimum absolute atomic E-state index is 0.135. The molecule has 2 heteroatoms. The highest BCUT2D eigenvalue weighted by Crippen LogP contribution is 2.31. The second-order valence-corrected chi connectivity index (χ2v) is 3.69. The number of nitrogens with zero attached hydrogens (tertiary/aromatic N) is 1. The maximum atomic E-state index is 11.5. The lowest BCUT2D eigenvalue weighted by Gasteiger charge is -2.07. The first-order valence-electron chi connectivity index (χ1n) is 5.03. The van der Waals surface area contributed by atoms with Gasteiger partial charge < -0.3 is 0 Å². The van der Waals surface area contributed by atoms with Crippen molar-refractivity contribution in [1.82, 2.24) is 0 Å². The fourth-order valence-electron chi connectivity index (χ4n) is 1.86. The number of hydrogen-bond acceptors (Lipinski definition) is 2. The number of fused-ring (bicyclic) bond motifs is 1. The fourth-order valence-corrected chi connectivity index (χ4v) is 1.86. The number of aliphatic imine (C=N–C) groups is 1. The Kier molecular flexibility index (Phi) is 2.50. The average Bonchev–Trinajstić information content (AvgIpc) is 2.39. The Morgan fingerprint density at radius 3 is 2.80 bits per heavy atom. The Labute approximate surface area is 89.3 Å². The van der Waals surface area contributed by atoms with E-state index in [1.807, 2.05) is 37.4 Å². The predicted octanol–water partition coefficient (Wildman–Crippen LogP) is 3.16. The third kappa shape index (κ3) is 1.75. The van der Waals surface area contributed by atoms with E-state index in [4.69, 9.17) is 0 Å². The molecule has 0 spiro atoms. The van der Waals surface area contributed by atoms with Crippen molar-refractivity contribution in [2.24, 2.45) is 4.99 Å². The van der Waals surface area contributed by atoms with Crippen LogP contribution in [-0.4, -0.2) is 12.0 Å². The summed E-state index contributed by atoms with van der Waals surface area (Å²) in [6, 6.07) is 7.91. The van der Waals surface area contributed by atoms with E-state index in [1.54, 1.807) is 6.92 Å². The van der Waals surface area contributed by atoms with Gasteiger partial charge in [-0.05, 0) is 25.5 Å². The minimum atomic E-state index is 0.135. The molecule has 0 saturated carbocycles. The lowest BCUT2D eigenvalue weighted by molar-refractivity contribution is -0.113. The third-order valence-corrected chi connectivity index (χ3v) is 2.71. The number of para-hydroxylation sites is 1. The van der Waals surface area contributed by atoms with Crippen molar-refractivity contribution in [2.45, 2.75) is 20.3 Å². The van der Waals surface area contributed by atoms with Crippen LogP contribution in [0.4, 0.5) is 5.69 Å². The first-order valence-corrected chi connectivity index (χ1v) is 5.03. The molecule has 0 saturated heterocycles. The SMILES string of the molecule is CC(=O)C1=C(C)c2ccccc2N=CC1. The first kappa shape index (κ1) is 9.84. The molecule has 0 atom stereocenters. The van der Waals surface area contributed by atoms with Crippen LogP contribution >= 0.6 is 0 Å². The maximum absolute atomic E-state index is 11.5. The molecule has 0 amide bonds. The van der Waals surface area contributed by atoms with Gasteiger partial charge in [0.1, 0.15) is 0 Å². The average molecular weight is 199 g/mol. The van der Waals surface area contributed by atoms with Crippen molar-refractivity contribution < 1.29 is 4.79 Å². The van der Waals surface area contributed by atoms with E-state index in [1.165, 1.54) is 0 Å². The molecule has 0 aromatic heterocycles. The maximum Gasteiger partial charge on any atom is 0.156 e. The zero-order valence-electron chi connectivity index (χ0n) is 8.95. The monoisotopic (exact) mass is 199 g/mol. The summed E-state index contributed by atoms with van der Waals surface area (Å²) in [7, 11) is 0. The van der Waals surface area contributed by atoms with E-state index in [9.17, 15) is 4.79 Å². The Bertz CT molecular complexity index is 469. The molecule has 1 aliphatic heterocycles. The molecular weight excluding hydrogens is 186 g/mol. The normalized spacial score (nSPS) is 14.8. The van der Waals surface area contributed by atoms with Crippen molar-refractivity contribution in [3.8, 4) is 0 Å². The number of allylic oxidation sites excluding steroid dienone is 2. The summed E-state index contributed by atoms with van der Waals surface area (Å²) in [5, 5.41) is 0. The number of rotatable bonds is 1. The second-order valence-electron chi connectivity index (χ2n) is 3.69. The number of carbonyl (C=O) groups is 1. The largest absolute Gasteiger partial charge is 0.295 e. The predicted molar refractivity (Wildman–Crippen MR) is 62.5 cm³/mol. The van der Waals surface area contributed by atoms with Gasteiger partial charge in [-0.25, -0.2) is 0 Å². The van der Waals surface area contributed by atoms with Gasteiger partial charge in [0.2, 0.25) is 0 Å². The molecule has 0 fully saturated rings. The topological polar surface area (TPSA) is 29.4 Å². The van der Waals surface area contributed by atoms with Gasteiger partial charge in [0.05, 0.1) is 5.69 Å². The number of Topliss-reactive ketones (excluding diaryl/α,β-unsaturated/α-hetero) is 1. The van der Waals surface area contributed by atoms with Crippen LogP contribution in [-0.2, 0) is 4.79 Å². The summed E-state index contributed by atoms with van der Waals surface area (Å²) in [6.07, 6.45) is 2.45. The Morgan fingerprint density at radius 2 is 2.07 bits per heavy atom. The summed E-state index contributed by atoms with van der Waals surface area (Å²) in [5.41, 5.74) is 3.93. The van der Waals surface area contributed by atoms with Crippen molar-refractivity contribution in [3.63, 3.8) is 0 Å². The van der Waals surface area contributed by atoms with Crippen LogP contribution in [0.25, 0.3) is 5.57 Å². The molecule has 2 rings (SSSR count). The van der Waals surface area contributed by atoms with Crippen LogP contribution in [0.2, 0.25) is 0 Å². The standard InChI is InChI=1S/C13H13NO/c1-9-11(10(2)15)7-8-14-13-6-4-3-5-12(9)13/h3-6,8H,7H2,1-2H3. The van der Waals surface area contributed by atoms with E-state index in [0.29, 0.717) is 6.42 Å². The number of carbonyl (C=O) groups excluding carboxylic acids is 1. The molecule has 0 radical (unpaired) electrons. The van der Waals surface area contributed by atoms with E-state index in [0.717, 1.165) is 22.4 Å². The molecule has 1 aliphatic rings. The van der Waals surface area contributed by atoms with Gasteiger partial charge in [-0.1, -0.05) is 18.2 Å². The molecule has 15 heavy (non-hydrogen) atoms. The molecular formula is C13H13NO. The highest BCUT2D eigenvalue weighted by molar-refractivity contribution is 6.05. The summed E-state index contributed by atoms with van der Waals surface area (Å²) in [4.78, 5) is 15.8. The van der Waals surface area contributed by atoms with Crippen LogP contribution in [0, 0.1) is 0 Å². The molecule has 2 nitrogen and oxygen atoms in total. The zero-order chi connectivity index (χ0) is 10.8. The van der Waals surface area contributed by atoms with E-state index in [-0.39, 0.29) is 5.78 Å². The van der Waals surface area contributed by atoms with Crippen LogP contribution in [0.3, 0.4) is 0 Å². The van der Waals surface area contributed by atoms with E-state index < -0.39 is 0 Å². The van der Waals surface area contributed by atoms with E-state index in [2.05, 4.69) is 4.99 Å². The smallest absolute Gasteiger partial charge is 0.156 e. The molecule has 1 heterocycles. The van der Waals surface area contributed by atoms with Gasteiger partial charge in [0, 0.05) is 23.8 Å². The Morgan fingerprint density at radius 1 is 1.33 bits per heavy atom. The van der Waals surface area contributed by atoms with Gasteiger partial charge in [-0.3, -0.25) is 9.79 Å². The summed E-state index contributed by atoms with van der Waals surface area (Å²) >= 11 is 0.